The van der Waals surface area contributed by atoms with E-state index in [4.69, 9.17) is 11.6 Å². The summed E-state index contributed by atoms with van der Waals surface area (Å²) in [6.07, 6.45) is 0. The molecule has 2 N–H and O–H groups in total. The normalized spacial score (nSPS) is 18.0. The van der Waals surface area contributed by atoms with Crippen LogP contribution < -0.4 is 10.6 Å². The molecule has 1 aliphatic heterocycles. The van der Waals surface area contributed by atoms with Crippen molar-refractivity contribution in [1.29, 1.82) is 0 Å². The van der Waals surface area contributed by atoms with Crippen molar-refractivity contribution < 1.29 is 23.6 Å². The minimum atomic E-state index is -1.54. The maximum Gasteiger partial charge on any atom is 0.325 e. The molecule has 1 atom stereocenters. The Bertz CT molecular complexity index is 1090. The van der Waals surface area contributed by atoms with Gasteiger partial charge in [-0.15, -0.1) is 0 Å². The Hall–Kier alpha value is -3.46. The summed E-state index contributed by atoms with van der Waals surface area (Å²) in [6, 6.07) is 8.99. The summed E-state index contributed by atoms with van der Waals surface area (Å²) >= 11 is 6.06. The highest BCUT2D eigenvalue weighted by Gasteiger charge is 2.50. The van der Waals surface area contributed by atoms with Crippen molar-refractivity contribution in [2.75, 3.05) is 26.0 Å². The molecule has 10 heteroatoms. The highest BCUT2D eigenvalue weighted by atomic mass is 35.5. The highest BCUT2D eigenvalue weighted by Crippen LogP contribution is 2.33. The Balaban J connectivity index is 1.75. The van der Waals surface area contributed by atoms with Gasteiger partial charge in [-0.1, -0.05) is 23.7 Å². The van der Waals surface area contributed by atoms with E-state index in [1.54, 1.807) is 32.3 Å². The molecule has 3 rings (SSSR count). The highest BCUT2D eigenvalue weighted by molar-refractivity contribution is 6.32. The molecule has 1 aliphatic rings. The third-order valence-electron chi connectivity index (χ3n) is 4.85. The zero-order valence-electron chi connectivity index (χ0n) is 17.0. The van der Waals surface area contributed by atoms with Crippen LogP contribution in [0.25, 0.3) is 0 Å². The van der Waals surface area contributed by atoms with Gasteiger partial charge in [0.1, 0.15) is 17.9 Å². The predicted molar refractivity (Wildman–Crippen MR) is 112 cm³/mol. The number of imide groups is 1. The summed E-state index contributed by atoms with van der Waals surface area (Å²) in [4.78, 5) is 52.1. The van der Waals surface area contributed by atoms with Crippen LogP contribution in [0.5, 0.6) is 0 Å². The van der Waals surface area contributed by atoms with Gasteiger partial charge in [-0.25, -0.2) is 9.18 Å². The van der Waals surface area contributed by atoms with E-state index in [2.05, 4.69) is 10.6 Å². The fourth-order valence-corrected chi connectivity index (χ4v) is 3.61. The number of hydrogen-bond acceptors (Lipinski definition) is 4. The van der Waals surface area contributed by atoms with E-state index in [9.17, 15) is 23.6 Å². The number of carbonyl (C=O) groups excluding carboxylic acids is 4. The SMILES string of the molecule is CN(C)C(=O)c1cccc(NC(=O)CN2C(=O)NC(C)(c3ccc(F)cc3Cl)C2=O)c1. The zero-order valence-corrected chi connectivity index (χ0v) is 17.8. The molecule has 162 valence electrons. The maximum absolute atomic E-state index is 13.4. The number of carbonyl (C=O) groups is 4. The van der Waals surface area contributed by atoms with Gasteiger partial charge in [-0.2, -0.15) is 0 Å². The first kappa shape index (κ1) is 22.2. The summed E-state index contributed by atoms with van der Waals surface area (Å²) < 4.78 is 13.4. The van der Waals surface area contributed by atoms with Gasteiger partial charge in [0, 0.05) is 35.9 Å². The van der Waals surface area contributed by atoms with E-state index in [0.29, 0.717) is 11.3 Å². The number of benzene rings is 2. The number of anilines is 1. The van der Waals surface area contributed by atoms with Gasteiger partial charge in [0.25, 0.3) is 11.8 Å². The van der Waals surface area contributed by atoms with E-state index in [-0.39, 0.29) is 16.5 Å². The number of nitrogens with zero attached hydrogens (tertiary/aromatic N) is 2. The average Bonchev–Trinajstić information content (AvgIpc) is 2.91. The van der Waals surface area contributed by atoms with Crippen LogP contribution >= 0.6 is 11.6 Å². The minimum Gasteiger partial charge on any atom is -0.345 e. The molecule has 31 heavy (non-hydrogen) atoms. The second-order valence-electron chi connectivity index (χ2n) is 7.40. The molecule has 1 heterocycles. The second-order valence-corrected chi connectivity index (χ2v) is 7.81. The molecule has 1 fully saturated rings. The number of rotatable bonds is 5. The largest absolute Gasteiger partial charge is 0.345 e. The van der Waals surface area contributed by atoms with Crippen molar-refractivity contribution in [2.45, 2.75) is 12.5 Å². The van der Waals surface area contributed by atoms with E-state index in [1.165, 1.54) is 24.0 Å². The van der Waals surface area contributed by atoms with Gasteiger partial charge >= 0.3 is 6.03 Å². The van der Waals surface area contributed by atoms with Crippen LogP contribution in [0.1, 0.15) is 22.8 Å². The molecule has 0 bridgehead atoms. The standard InChI is InChI=1S/C21H20ClFN4O4/c1-21(15-8-7-13(23)10-16(15)22)19(30)27(20(31)25-21)11-17(28)24-14-6-4-5-12(9-14)18(29)26(2)3/h4-10H,11H2,1-3H3,(H,24,28)(H,25,31). The van der Waals surface area contributed by atoms with Crippen molar-refractivity contribution in [3.8, 4) is 0 Å². The zero-order chi connectivity index (χ0) is 22.9. The van der Waals surface area contributed by atoms with Crippen molar-refractivity contribution in [3.05, 3.63) is 64.4 Å². The molecule has 0 aromatic heterocycles. The van der Waals surface area contributed by atoms with Gasteiger partial charge in [-0.3, -0.25) is 19.3 Å². The quantitative estimate of drug-likeness (QED) is 0.689. The molecule has 5 amide bonds. The summed E-state index contributed by atoms with van der Waals surface area (Å²) in [5.74, 6) is -2.15. The van der Waals surface area contributed by atoms with E-state index >= 15 is 0 Å². The maximum atomic E-state index is 13.4. The summed E-state index contributed by atoms with van der Waals surface area (Å²) in [5, 5.41) is 5.06. The lowest BCUT2D eigenvalue weighted by Crippen LogP contribution is -2.42. The Morgan fingerprint density at radius 2 is 1.90 bits per heavy atom. The summed E-state index contributed by atoms with van der Waals surface area (Å²) in [5.41, 5.74) is -0.614. The predicted octanol–water partition coefficient (Wildman–Crippen LogP) is 2.59. The molecule has 0 aliphatic carbocycles. The van der Waals surface area contributed by atoms with Crippen LogP contribution in [0, 0.1) is 5.82 Å². The molecule has 0 saturated carbocycles. The number of nitrogens with one attached hydrogen (secondary N) is 2. The minimum absolute atomic E-state index is 0.0233. The Morgan fingerprint density at radius 1 is 1.19 bits per heavy atom. The lowest BCUT2D eigenvalue weighted by molar-refractivity contribution is -0.133. The van der Waals surface area contributed by atoms with Crippen LogP contribution in [0.15, 0.2) is 42.5 Å². The Kier molecular flexibility index (Phi) is 5.99. The fraction of sp³-hybridized carbons (Fsp3) is 0.238. The van der Waals surface area contributed by atoms with Gasteiger partial charge in [-0.05, 0) is 37.3 Å². The van der Waals surface area contributed by atoms with E-state index < -0.39 is 35.7 Å². The molecule has 1 saturated heterocycles. The van der Waals surface area contributed by atoms with Gasteiger partial charge in [0.2, 0.25) is 5.91 Å². The topological polar surface area (TPSA) is 98.8 Å². The third kappa shape index (κ3) is 4.36. The average molecular weight is 447 g/mol. The first-order valence-corrected chi connectivity index (χ1v) is 9.62. The van der Waals surface area contributed by atoms with Crippen molar-refractivity contribution in [3.63, 3.8) is 0 Å². The Morgan fingerprint density at radius 3 is 2.55 bits per heavy atom. The first-order chi connectivity index (χ1) is 14.5. The summed E-state index contributed by atoms with van der Waals surface area (Å²) in [7, 11) is 3.21. The van der Waals surface area contributed by atoms with Crippen LogP contribution in [-0.4, -0.2) is 54.2 Å². The van der Waals surface area contributed by atoms with Crippen molar-refractivity contribution in [1.82, 2.24) is 15.1 Å². The lowest BCUT2D eigenvalue weighted by Gasteiger charge is -2.23. The van der Waals surface area contributed by atoms with Crippen molar-refractivity contribution in [2.24, 2.45) is 0 Å². The fourth-order valence-electron chi connectivity index (χ4n) is 3.25. The van der Waals surface area contributed by atoms with Crippen LogP contribution in [-0.2, 0) is 15.1 Å². The van der Waals surface area contributed by atoms with E-state index in [0.717, 1.165) is 17.0 Å². The lowest BCUT2D eigenvalue weighted by atomic mass is 9.92. The molecule has 0 radical (unpaired) electrons. The number of urea groups is 1. The first-order valence-electron chi connectivity index (χ1n) is 9.24. The van der Waals surface area contributed by atoms with E-state index in [1.807, 2.05) is 0 Å². The van der Waals surface area contributed by atoms with Crippen LogP contribution in [0.2, 0.25) is 5.02 Å². The molecular formula is C21H20ClFN4O4. The van der Waals surface area contributed by atoms with Gasteiger partial charge in [0.15, 0.2) is 0 Å². The van der Waals surface area contributed by atoms with Crippen molar-refractivity contribution >= 4 is 41.0 Å². The van der Waals surface area contributed by atoms with Gasteiger partial charge in [0.05, 0.1) is 0 Å². The molecule has 0 spiro atoms. The summed E-state index contributed by atoms with van der Waals surface area (Å²) in [6.45, 7) is 0.880. The van der Waals surface area contributed by atoms with Gasteiger partial charge < -0.3 is 15.5 Å². The molecule has 2 aromatic carbocycles. The molecule has 8 nitrogen and oxygen atoms in total. The number of amides is 5. The van der Waals surface area contributed by atoms with Crippen LogP contribution in [0.3, 0.4) is 0 Å². The molecule has 1 unspecified atom stereocenters. The molecular weight excluding hydrogens is 427 g/mol. The van der Waals surface area contributed by atoms with Crippen LogP contribution in [0.4, 0.5) is 14.9 Å². The number of hydrogen-bond donors (Lipinski definition) is 2. The smallest absolute Gasteiger partial charge is 0.325 e. The Labute approximate surface area is 183 Å². The molecule has 2 aromatic rings. The second kappa shape index (κ2) is 8.35. The number of halogens is 2. The monoisotopic (exact) mass is 446 g/mol. The third-order valence-corrected chi connectivity index (χ3v) is 5.16.